The molecular formula is C22H38N4O4. The van der Waals surface area contributed by atoms with Crippen LogP contribution in [0.5, 0.6) is 0 Å². The average molecular weight is 423 g/mol. The minimum atomic E-state index is -1.14. The summed E-state index contributed by atoms with van der Waals surface area (Å²) in [7, 11) is 4.09. The van der Waals surface area contributed by atoms with Crippen molar-refractivity contribution in [3.63, 3.8) is 0 Å². The number of aromatic nitrogens is 4. The minimum Gasteiger partial charge on any atom is -0.550 e. The van der Waals surface area contributed by atoms with Crippen LogP contribution in [0.25, 0.3) is 0 Å². The molecule has 2 rings (SSSR count). The van der Waals surface area contributed by atoms with Gasteiger partial charge in [0.15, 0.2) is 0 Å². The fourth-order valence-corrected chi connectivity index (χ4v) is 2.49. The van der Waals surface area contributed by atoms with Crippen molar-refractivity contribution in [2.24, 2.45) is 14.1 Å². The summed E-state index contributed by atoms with van der Waals surface area (Å²) < 4.78 is 8.55. The summed E-state index contributed by atoms with van der Waals surface area (Å²) in [5, 5.41) is 19.5. The van der Waals surface area contributed by atoms with Gasteiger partial charge in [0, 0.05) is 11.9 Å². The van der Waals surface area contributed by atoms with Crippen LogP contribution in [0.4, 0.5) is 0 Å². The molecule has 8 heteroatoms. The second-order valence-electron chi connectivity index (χ2n) is 7.29. The average Bonchev–Trinajstić information content (AvgIpc) is 3.30. The molecule has 0 N–H and O–H groups in total. The molecule has 2 aromatic heterocycles. The van der Waals surface area contributed by atoms with Gasteiger partial charge in [-0.3, -0.25) is 0 Å². The Morgan fingerprint density at radius 1 is 0.733 bits per heavy atom. The molecule has 0 aromatic carbocycles. The van der Waals surface area contributed by atoms with Gasteiger partial charge in [0.2, 0.25) is 12.7 Å². The van der Waals surface area contributed by atoms with Gasteiger partial charge in [-0.1, -0.05) is 26.7 Å². The van der Waals surface area contributed by atoms with Crippen LogP contribution in [-0.4, -0.2) is 21.1 Å². The van der Waals surface area contributed by atoms with Crippen molar-refractivity contribution in [3.05, 3.63) is 37.4 Å². The van der Waals surface area contributed by atoms with Crippen molar-refractivity contribution in [2.75, 3.05) is 0 Å². The lowest BCUT2D eigenvalue weighted by atomic mass is 10.2. The van der Waals surface area contributed by atoms with Gasteiger partial charge < -0.3 is 19.8 Å². The lowest BCUT2D eigenvalue weighted by molar-refractivity contribution is -0.671. The third-order valence-corrected chi connectivity index (χ3v) is 4.20. The largest absolute Gasteiger partial charge is 0.550 e. The van der Waals surface area contributed by atoms with Crippen LogP contribution in [0.1, 0.15) is 65.2 Å². The maximum Gasteiger partial charge on any atom is 0.243 e. The second kappa shape index (κ2) is 17.2. The van der Waals surface area contributed by atoms with Crippen molar-refractivity contribution in [1.82, 2.24) is 9.13 Å². The zero-order valence-electron chi connectivity index (χ0n) is 19.0. The fraction of sp³-hybridized carbons (Fsp3) is 0.636. The highest BCUT2D eigenvalue weighted by atomic mass is 16.4. The molecule has 0 unspecified atom stereocenters. The lowest BCUT2D eigenvalue weighted by Crippen LogP contribution is -2.23. The summed E-state index contributed by atoms with van der Waals surface area (Å²) in [6, 6.07) is 0. The Labute approximate surface area is 180 Å². The Balaban J connectivity index is 0.000000420. The van der Waals surface area contributed by atoms with Crippen LogP contribution in [-0.2, 0) is 36.8 Å². The van der Waals surface area contributed by atoms with Crippen LogP contribution >= 0.6 is 0 Å². The molecule has 0 fully saturated rings. The maximum absolute atomic E-state index is 9.77. The van der Waals surface area contributed by atoms with E-state index in [0.29, 0.717) is 12.8 Å². The Bertz CT molecular complexity index is 649. The number of unbranched alkanes of at least 4 members (excludes halogenated alkanes) is 3. The number of carbonyl (C=O) groups is 2. The van der Waals surface area contributed by atoms with Crippen LogP contribution in [0.3, 0.4) is 0 Å². The monoisotopic (exact) mass is 422 g/mol. The summed E-state index contributed by atoms with van der Waals surface area (Å²) >= 11 is 0. The van der Waals surface area contributed by atoms with E-state index in [-0.39, 0.29) is 12.8 Å². The third kappa shape index (κ3) is 16.3. The van der Waals surface area contributed by atoms with Crippen molar-refractivity contribution in [1.29, 1.82) is 0 Å². The van der Waals surface area contributed by atoms with Crippen LogP contribution in [0.15, 0.2) is 37.4 Å². The topological polar surface area (TPSA) is 97.9 Å². The van der Waals surface area contributed by atoms with Gasteiger partial charge in [0.1, 0.15) is 24.8 Å². The molecule has 0 bridgehead atoms. The standard InChI is InChI=1S/2C8H15N2.C6H10O4/c2*1-3-4-5-10-7-6-9(2)8-10;7-5(8)3-1-2-4-6(9)10/h2*6-8H,3-5H2,1-2H3;1-4H2,(H,7,8)(H,9,10)/q2*+1;/p-2. The number of aliphatic carboxylic acids is 2. The van der Waals surface area contributed by atoms with Crippen LogP contribution < -0.4 is 19.3 Å². The summed E-state index contributed by atoms with van der Waals surface area (Å²) in [4.78, 5) is 19.5. The van der Waals surface area contributed by atoms with E-state index in [1.54, 1.807) is 0 Å². The number of imidazole rings is 2. The highest BCUT2D eigenvalue weighted by Crippen LogP contribution is 1.97. The molecule has 8 nitrogen and oxygen atoms in total. The second-order valence-corrected chi connectivity index (χ2v) is 7.29. The van der Waals surface area contributed by atoms with Gasteiger partial charge in [0.25, 0.3) is 0 Å². The van der Waals surface area contributed by atoms with Gasteiger partial charge in [-0.15, -0.1) is 0 Å². The van der Waals surface area contributed by atoms with Gasteiger partial charge in [-0.2, -0.15) is 0 Å². The van der Waals surface area contributed by atoms with E-state index in [4.69, 9.17) is 0 Å². The molecule has 0 amide bonds. The Kier molecular flexibility index (Phi) is 15.7. The predicted octanol–water partition coefficient (Wildman–Crippen LogP) is 0.272. The lowest BCUT2D eigenvalue weighted by Gasteiger charge is -2.01. The molecule has 0 aliphatic carbocycles. The number of carboxylic acid groups (broad SMARTS) is 2. The zero-order valence-corrected chi connectivity index (χ0v) is 19.0. The predicted molar refractivity (Wildman–Crippen MR) is 110 cm³/mol. The van der Waals surface area contributed by atoms with Crippen LogP contribution in [0.2, 0.25) is 0 Å². The number of carboxylic acids is 2. The first-order chi connectivity index (χ1) is 14.3. The normalized spacial score (nSPS) is 9.87. The fourth-order valence-electron chi connectivity index (χ4n) is 2.49. The molecule has 0 saturated heterocycles. The van der Waals surface area contributed by atoms with Gasteiger partial charge >= 0.3 is 0 Å². The zero-order chi connectivity index (χ0) is 22.8. The van der Waals surface area contributed by atoms with E-state index in [2.05, 4.69) is 69.6 Å². The van der Waals surface area contributed by atoms with E-state index < -0.39 is 11.9 Å². The van der Waals surface area contributed by atoms with Gasteiger partial charge in [-0.05, 0) is 38.5 Å². The smallest absolute Gasteiger partial charge is 0.243 e. The Morgan fingerprint density at radius 2 is 1.10 bits per heavy atom. The van der Waals surface area contributed by atoms with E-state index in [9.17, 15) is 19.8 Å². The molecule has 0 radical (unpaired) electrons. The molecule has 2 aromatic rings. The molecule has 0 spiro atoms. The summed E-state index contributed by atoms with van der Waals surface area (Å²) in [5.74, 6) is -2.28. The number of nitrogens with zero attached hydrogens (tertiary/aromatic N) is 4. The molecule has 2 heterocycles. The quantitative estimate of drug-likeness (QED) is 0.383. The van der Waals surface area contributed by atoms with Gasteiger partial charge in [0.05, 0.1) is 27.2 Å². The maximum atomic E-state index is 9.77. The first-order valence-electron chi connectivity index (χ1n) is 10.7. The van der Waals surface area contributed by atoms with Crippen molar-refractivity contribution in [3.8, 4) is 0 Å². The molecule has 0 atom stereocenters. The van der Waals surface area contributed by atoms with Crippen LogP contribution in [0, 0.1) is 0 Å². The number of rotatable bonds is 11. The molecule has 30 heavy (non-hydrogen) atoms. The Morgan fingerprint density at radius 3 is 1.33 bits per heavy atom. The third-order valence-electron chi connectivity index (χ3n) is 4.20. The summed E-state index contributed by atoms with van der Waals surface area (Å²) in [6.07, 6.45) is 18.2. The van der Waals surface area contributed by atoms with E-state index >= 15 is 0 Å². The SMILES string of the molecule is CCCCn1cc[n+](C)c1.CCCCn1cc[n+](C)c1.O=C([O-])CCCCC(=O)[O-]. The number of aryl methyl sites for hydroxylation is 4. The molecule has 0 aliphatic rings. The molecule has 170 valence electrons. The van der Waals surface area contributed by atoms with Gasteiger partial charge in [-0.25, -0.2) is 18.3 Å². The van der Waals surface area contributed by atoms with E-state index in [1.807, 2.05) is 14.1 Å². The highest BCUT2D eigenvalue weighted by Gasteiger charge is 1.97. The number of carbonyl (C=O) groups excluding carboxylic acids is 2. The van der Waals surface area contributed by atoms with Crippen molar-refractivity contribution in [2.45, 2.75) is 78.3 Å². The van der Waals surface area contributed by atoms with E-state index in [1.165, 1.54) is 25.7 Å². The molecule has 0 aliphatic heterocycles. The summed E-state index contributed by atoms with van der Waals surface area (Å²) in [6.45, 7) is 6.72. The molecular weight excluding hydrogens is 384 g/mol. The Hall–Kier alpha value is -2.64. The minimum absolute atomic E-state index is 0.0761. The first kappa shape index (κ1) is 27.4. The molecule has 0 saturated carbocycles. The number of hydrogen-bond acceptors (Lipinski definition) is 4. The summed E-state index contributed by atoms with van der Waals surface area (Å²) in [5.41, 5.74) is 0. The van der Waals surface area contributed by atoms with E-state index in [0.717, 1.165) is 13.1 Å². The first-order valence-corrected chi connectivity index (χ1v) is 10.7. The van der Waals surface area contributed by atoms with Crippen molar-refractivity contribution >= 4 is 11.9 Å². The van der Waals surface area contributed by atoms with Crippen molar-refractivity contribution < 1.29 is 28.9 Å². The highest BCUT2D eigenvalue weighted by molar-refractivity contribution is 5.65. The number of hydrogen-bond donors (Lipinski definition) is 0.